The number of nitrogens with one attached hydrogen (secondary N) is 1. The van der Waals surface area contributed by atoms with Crippen LogP contribution < -0.4 is 14.8 Å². The molecule has 128 valence electrons. The van der Waals surface area contributed by atoms with Crippen molar-refractivity contribution in [3.8, 4) is 11.5 Å². The highest BCUT2D eigenvalue weighted by Gasteiger charge is 2.28. The monoisotopic (exact) mass is 327 g/mol. The molecule has 24 heavy (non-hydrogen) atoms. The van der Waals surface area contributed by atoms with Gasteiger partial charge in [0.15, 0.2) is 11.5 Å². The van der Waals surface area contributed by atoms with Gasteiger partial charge in [-0.25, -0.2) is 0 Å². The maximum atomic E-state index is 5.70. The molecule has 2 heterocycles. The lowest BCUT2D eigenvalue weighted by atomic mass is 9.99. The van der Waals surface area contributed by atoms with Crippen LogP contribution in [0.4, 0.5) is 0 Å². The molecule has 0 saturated carbocycles. The van der Waals surface area contributed by atoms with Gasteiger partial charge in [-0.3, -0.25) is 9.88 Å². The summed E-state index contributed by atoms with van der Waals surface area (Å²) in [5, 5.41) is 3.47. The van der Waals surface area contributed by atoms with E-state index in [2.05, 4.69) is 27.3 Å². The normalized spacial score (nSPS) is 17.1. The molecule has 1 atom stereocenters. The first-order valence-corrected chi connectivity index (χ1v) is 8.41. The van der Waals surface area contributed by atoms with Gasteiger partial charge in [-0.1, -0.05) is 18.2 Å². The van der Waals surface area contributed by atoms with Gasteiger partial charge in [0.1, 0.15) is 0 Å². The number of ether oxygens (including phenoxy) is 2. The maximum Gasteiger partial charge on any atom is 0.165 e. The van der Waals surface area contributed by atoms with E-state index in [0.717, 1.165) is 55.4 Å². The van der Waals surface area contributed by atoms with Crippen LogP contribution in [0.2, 0.25) is 0 Å². The van der Waals surface area contributed by atoms with Crippen LogP contribution in [0.15, 0.2) is 42.6 Å². The van der Waals surface area contributed by atoms with Gasteiger partial charge < -0.3 is 14.8 Å². The van der Waals surface area contributed by atoms with Crippen LogP contribution in [0.25, 0.3) is 0 Å². The van der Waals surface area contributed by atoms with Gasteiger partial charge >= 0.3 is 0 Å². The minimum Gasteiger partial charge on any atom is -0.493 e. The first-order chi connectivity index (χ1) is 11.8. The minimum absolute atomic E-state index is 0.0520. The van der Waals surface area contributed by atoms with Crippen molar-refractivity contribution in [1.29, 1.82) is 0 Å². The Balaban J connectivity index is 2.08. The van der Waals surface area contributed by atoms with E-state index in [1.807, 2.05) is 30.5 Å². The number of benzene rings is 1. The summed E-state index contributed by atoms with van der Waals surface area (Å²) in [5.74, 6) is 1.54. The fourth-order valence-electron chi connectivity index (χ4n) is 3.33. The Labute approximate surface area is 143 Å². The molecule has 1 N–H and O–H groups in total. The van der Waals surface area contributed by atoms with Crippen LogP contribution in [-0.4, -0.2) is 50.3 Å². The fourth-order valence-corrected chi connectivity index (χ4v) is 3.33. The van der Waals surface area contributed by atoms with E-state index in [-0.39, 0.29) is 6.04 Å². The van der Waals surface area contributed by atoms with Gasteiger partial charge in [0.05, 0.1) is 26.0 Å². The summed E-state index contributed by atoms with van der Waals surface area (Å²) in [7, 11) is 3.37. The average molecular weight is 327 g/mol. The predicted octanol–water partition coefficient (Wildman–Crippen LogP) is 2.48. The minimum atomic E-state index is 0.0520. The number of nitrogens with zero attached hydrogens (tertiary/aromatic N) is 2. The zero-order valence-corrected chi connectivity index (χ0v) is 14.4. The van der Waals surface area contributed by atoms with Crippen LogP contribution in [0, 0.1) is 0 Å². The third-order valence-corrected chi connectivity index (χ3v) is 4.44. The van der Waals surface area contributed by atoms with Crippen molar-refractivity contribution >= 4 is 0 Å². The van der Waals surface area contributed by atoms with Gasteiger partial charge in [0.2, 0.25) is 0 Å². The molecular weight excluding hydrogens is 302 g/mol. The van der Waals surface area contributed by atoms with Crippen molar-refractivity contribution in [2.45, 2.75) is 12.5 Å². The highest BCUT2D eigenvalue weighted by atomic mass is 16.5. The largest absolute Gasteiger partial charge is 0.493 e. The molecule has 5 heteroatoms. The Kier molecular flexibility index (Phi) is 5.67. The molecule has 1 fully saturated rings. The maximum absolute atomic E-state index is 5.70. The predicted molar refractivity (Wildman–Crippen MR) is 94.7 cm³/mol. The first-order valence-electron chi connectivity index (χ1n) is 8.41. The Morgan fingerprint density at radius 3 is 2.71 bits per heavy atom. The van der Waals surface area contributed by atoms with Crippen LogP contribution >= 0.6 is 0 Å². The molecule has 5 nitrogen and oxygen atoms in total. The Morgan fingerprint density at radius 1 is 1.04 bits per heavy atom. The molecular formula is C19H25N3O2. The number of pyridine rings is 1. The second-order valence-corrected chi connectivity index (χ2v) is 5.88. The summed E-state index contributed by atoms with van der Waals surface area (Å²) in [6, 6.07) is 12.2. The van der Waals surface area contributed by atoms with Crippen molar-refractivity contribution in [1.82, 2.24) is 15.2 Å². The number of para-hydroxylation sites is 1. The molecule has 3 rings (SSSR count). The summed E-state index contributed by atoms with van der Waals surface area (Å²) >= 11 is 0. The summed E-state index contributed by atoms with van der Waals surface area (Å²) < 4.78 is 11.2. The van der Waals surface area contributed by atoms with E-state index in [1.165, 1.54) is 0 Å². The molecule has 2 aromatic rings. The highest BCUT2D eigenvalue weighted by Crippen LogP contribution is 2.39. The lowest BCUT2D eigenvalue weighted by Gasteiger charge is -2.31. The molecule has 1 saturated heterocycles. The molecule has 1 aromatic carbocycles. The third kappa shape index (κ3) is 3.52. The summed E-state index contributed by atoms with van der Waals surface area (Å²) in [6.07, 6.45) is 2.97. The van der Waals surface area contributed by atoms with Gasteiger partial charge in [-0.2, -0.15) is 0 Å². The quantitative estimate of drug-likeness (QED) is 0.914. The molecule has 0 amide bonds. The number of hydrogen-bond acceptors (Lipinski definition) is 5. The van der Waals surface area contributed by atoms with Crippen molar-refractivity contribution in [2.24, 2.45) is 0 Å². The van der Waals surface area contributed by atoms with E-state index < -0.39 is 0 Å². The topological polar surface area (TPSA) is 46.6 Å². The van der Waals surface area contributed by atoms with Gasteiger partial charge in [0.25, 0.3) is 0 Å². The van der Waals surface area contributed by atoms with Gasteiger partial charge in [-0.05, 0) is 31.2 Å². The van der Waals surface area contributed by atoms with Gasteiger partial charge in [0, 0.05) is 31.4 Å². The Bertz CT molecular complexity index is 640. The summed E-state index contributed by atoms with van der Waals surface area (Å²) in [4.78, 5) is 7.11. The molecule has 0 radical (unpaired) electrons. The van der Waals surface area contributed by atoms with E-state index in [9.17, 15) is 0 Å². The van der Waals surface area contributed by atoms with Crippen LogP contribution in [-0.2, 0) is 0 Å². The molecule has 1 aliphatic heterocycles. The van der Waals surface area contributed by atoms with Crippen molar-refractivity contribution in [2.75, 3.05) is 40.4 Å². The number of methoxy groups -OCH3 is 2. The molecule has 1 unspecified atom stereocenters. The molecule has 0 bridgehead atoms. The number of aromatic nitrogens is 1. The zero-order valence-electron chi connectivity index (χ0n) is 14.4. The second kappa shape index (κ2) is 8.13. The first kappa shape index (κ1) is 16.7. The zero-order chi connectivity index (χ0) is 16.8. The SMILES string of the molecule is COc1cccc(C(c2ccccn2)N2CCCNCC2)c1OC. The summed E-state index contributed by atoms with van der Waals surface area (Å²) in [5.41, 5.74) is 2.13. The van der Waals surface area contributed by atoms with E-state index in [4.69, 9.17) is 9.47 Å². The van der Waals surface area contributed by atoms with Crippen LogP contribution in [0.1, 0.15) is 23.7 Å². The Hall–Kier alpha value is -2.11. The molecule has 1 aliphatic rings. The molecule has 0 aliphatic carbocycles. The highest BCUT2D eigenvalue weighted by molar-refractivity contribution is 5.50. The Morgan fingerprint density at radius 2 is 1.96 bits per heavy atom. The van der Waals surface area contributed by atoms with E-state index >= 15 is 0 Å². The van der Waals surface area contributed by atoms with Crippen molar-refractivity contribution in [3.05, 3.63) is 53.9 Å². The van der Waals surface area contributed by atoms with Gasteiger partial charge in [-0.15, -0.1) is 0 Å². The van der Waals surface area contributed by atoms with Crippen molar-refractivity contribution < 1.29 is 9.47 Å². The number of rotatable bonds is 5. The molecule has 1 aromatic heterocycles. The number of hydrogen-bond donors (Lipinski definition) is 1. The van der Waals surface area contributed by atoms with Crippen LogP contribution in [0.5, 0.6) is 11.5 Å². The standard InChI is InChI=1S/C19H25N3O2/c1-23-17-9-5-7-15(19(17)24-2)18(16-8-3-4-11-21-16)22-13-6-10-20-12-14-22/h3-5,7-9,11,18,20H,6,10,12-14H2,1-2H3. The van der Waals surface area contributed by atoms with E-state index in [0.29, 0.717) is 0 Å². The smallest absolute Gasteiger partial charge is 0.165 e. The summed E-state index contributed by atoms with van der Waals surface area (Å²) in [6.45, 7) is 4.03. The molecule has 0 spiro atoms. The van der Waals surface area contributed by atoms with Crippen molar-refractivity contribution in [3.63, 3.8) is 0 Å². The van der Waals surface area contributed by atoms with Crippen LogP contribution in [0.3, 0.4) is 0 Å². The fraction of sp³-hybridized carbons (Fsp3) is 0.421. The van der Waals surface area contributed by atoms with E-state index in [1.54, 1.807) is 14.2 Å². The third-order valence-electron chi connectivity index (χ3n) is 4.44. The second-order valence-electron chi connectivity index (χ2n) is 5.88. The lowest BCUT2D eigenvalue weighted by Crippen LogP contribution is -2.33. The average Bonchev–Trinajstić information content (AvgIpc) is 2.92. The lowest BCUT2D eigenvalue weighted by molar-refractivity contribution is 0.231.